The average Bonchev–Trinajstić information content (AvgIpc) is 2.67. The van der Waals surface area contributed by atoms with Crippen molar-refractivity contribution in [3.8, 4) is 0 Å². The lowest BCUT2D eigenvalue weighted by molar-refractivity contribution is 0.458. The second-order valence-corrected chi connectivity index (χ2v) is 5.44. The number of aromatic nitrogens is 3. The molecule has 1 atom stereocenters. The summed E-state index contributed by atoms with van der Waals surface area (Å²) in [4.78, 5) is 4.59. The number of nitrogens with zero attached hydrogens (tertiary/aromatic N) is 3. The lowest BCUT2D eigenvalue weighted by Crippen LogP contribution is -2.22. The van der Waals surface area contributed by atoms with Gasteiger partial charge >= 0.3 is 0 Å². The molecule has 0 aliphatic carbocycles. The molecule has 2 aromatic rings. The molecule has 0 bridgehead atoms. The molecule has 0 saturated carbocycles. The maximum absolute atomic E-state index is 4.59. The number of hydrogen-bond donors (Lipinski definition) is 1. The number of nitrogens with one attached hydrogen (secondary N) is 1. The van der Waals surface area contributed by atoms with Gasteiger partial charge in [-0.2, -0.15) is 5.10 Å². The van der Waals surface area contributed by atoms with E-state index in [4.69, 9.17) is 0 Å². The predicted molar refractivity (Wildman–Crippen MR) is 72.2 cm³/mol. The summed E-state index contributed by atoms with van der Waals surface area (Å²) in [6.07, 6.45) is 1.93. The molecule has 0 aliphatic heterocycles. The summed E-state index contributed by atoms with van der Waals surface area (Å²) in [6, 6.07) is 3.95. The Morgan fingerprint density at radius 1 is 1.41 bits per heavy atom. The molecule has 2 rings (SSSR count). The van der Waals surface area contributed by atoms with E-state index >= 15 is 0 Å². The Morgan fingerprint density at radius 2 is 2.18 bits per heavy atom. The number of fused-ring (bicyclic) bond motifs is 1. The van der Waals surface area contributed by atoms with Gasteiger partial charge in [0.15, 0.2) is 11.5 Å². The van der Waals surface area contributed by atoms with Crippen molar-refractivity contribution in [1.82, 2.24) is 19.9 Å². The third-order valence-corrected chi connectivity index (χ3v) is 3.34. The lowest BCUT2D eigenvalue weighted by atomic mass is 9.95. The second-order valence-electron chi connectivity index (χ2n) is 4.53. The van der Waals surface area contributed by atoms with E-state index < -0.39 is 0 Å². The van der Waals surface area contributed by atoms with E-state index in [1.54, 1.807) is 0 Å². The zero-order valence-electron chi connectivity index (χ0n) is 10.3. The van der Waals surface area contributed by atoms with Gasteiger partial charge in [0.1, 0.15) is 0 Å². The van der Waals surface area contributed by atoms with Crippen molar-refractivity contribution in [3.05, 3.63) is 28.6 Å². The number of rotatable bonds is 4. The fourth-order valence-electron chi connectivity index (χ4n) is 1.88. The minimum atomic E-state index is 0.346. The van der Waals surface area contributed by atoms with Gasteiger partial charge in [0, 0.05) is 23.1 Å². The maximum Gasteiger partial charge on any atom is 0.156 e. The van der Waals surface area contributed by atoms with Crippen LogP contribution in [-0.4, -0.2) is 28.2 Å². The number of hydrogen-bond acceptors (Lipinski definition) is 3. The van der Waals surface area contributed by atoms with Crippen LogP contribution in [0.2, 0.25) is 0 Å². The Morgan fingerprint density at radius 3 is 2.82 bits per heavy atom. The molecule has 0 fully saturated rings. The predicted octanol–water partition coefficient (Wildman–Crippen LogP) is 2.45. The van der Waals surface area contributed by atoms with E-state index in [-0.39, 0.29) is 0 Å². The van der Waals surface area contributed by atoms with Crippen LogP contribution in [0.5, 0.6) is 0 Å². The van der Waals surface area contributed by atoms with Crippen LogP contribution in [0.4, 0.5) is 0 Å². The van der Waals surface area contributed by atoms with E-state index in [0.29, 0.717) is 11.8 Å². The van der Waals surface area contributed by atoms with Gasteiger partial charge in [-0.25, -0.2) is 9.50 Å². The number of pyridine rings is 1. The average molecular weight is 297 g/mol. The van der Waals surface area contributed by atoms with Crippen molar-refractivity contribution in [3.63, 3.8) is 0 Å². The highest BCUT2D eigenvalue weighted by Crippen LogP contribution is 2.21. The molecule has 4 nitrogen and oxygen atoms in total. The van der Waals surface area contributed by atoms with Gasteiger partial charge in [-0.3, -0.25) is 0 Å². The first-order valence-corrected chi connectivity index (χ1v) is 6.57. The zero-order valence-corrected chi connectivity index (χ0v) is 11.9. The van der Waals surface area contributed by atoms with Gasteiger partial charge in [0.2, 0.25) is 0 Å². The Bertz CT molecular complexity index is 506. The smallest absolute Gasteiger partial charge is 0.156 e. The van der Waals surface area contributed by atoms with Gasteiger partial charge in [-0.15, -0.1) is 0 Å². The fraction of sp³-hybridized carbons (Fsp3) is 0.500. The summed E-state index contributed by atoms with van der Waals surface area (Å²) in [6.45, 7) is 5.29. The molecule has 2 aromatic heterocycles. The number of likely N-dealkylation sites (N-methyl/N-ethyl adjacent to an activating group) is 1. The minimum Gasteiger partial charge on any atom is -0.319 e. The maximum atomic E-state index is 4.59. The first kappa shape index (κ1) is 12.5. The monoisotopic (exact) mass is 296 g/mol. The van der Waals surface area contributed by atoms with Gasteiger partial charge in [-0.05, 0) is 41.0 Å². The highest BCUT2D eigenvalue weighted by atomic mass is 79.9. The molecule has 1 unspecified atom stereocenters. The summed E-state index contributed by atoms with van der Waals surface area (Å²) in [5.41, 5.74) is 0.893. The third kappa shape index (κ3) is 2.66. The van der Waals surface area contributed by atoms with Crippen molar-refractivity contribution in [2.75, 3.05) is 13.6 Å². The molecule has 0 aromatic carbocycles. The molecule has 0 saturated heterocycles. The molecule has 5 heteroatoms. The summed E-state index contributed by atoms with van der Waals surface area (Å²) in [5.74, 6) is 1.77. The first-order chi connectivity index (χ1) is 8.11. The van der Waals surface area contributed by atoms with E-state index in [2.05, 4.69) is 45.2 Å². The van der Waals surface area contributed by atoms with E-state index in [9.17, 15) is 0 Å². The van der Waals surface area contributed by atoms with Crippen LogP contribution in [-0.2, 0) is 0 Å². The molecule has 0 radical (unpaired) electrons. The van der Waals surface area contributed by atoms with Crippen molar-refractivity contribution in [1.29, 1.82) is 0 Å². The van der Waals surface area contributed by atoms with Crippen LogP contribution in [0.1, 0.15) is 25.6 Å². The second kappa shape index (κ2) is 5.14. The highest BCUT2D eigenvalue weighted by molar-refractivity contribution is 9.10. The van der Waals surface area contributed by atoms with Gasteiger partial charge in [-0.1, -0.05) is 13.8 Å². The van der Waals surface area contributed by atoms with Crippen molar-refractivity contribution in [2.24, 2.45) is 5.92 Å². The van der Waals surface area contributed by atoms with Crippen LogP contribution in [0.25, 0.3) is 5.65 Å². The molecule has 0 amide bonds. The molecule has 1 N–H and O–H groups in total. The first-order valence-electron chi connectivity index (χ1n) is 5.78. The fourth-order valence-corrected chi connectivity index (χ4v) is 2.20. The van der Waals surface area contributed by atoms with Crippen LogP contribution in [0, 0.1) is 5.92 Å². The summed E-state index contributed by atoms with van der Waals surface area (Å²) >= 11 is 3.44. The third-order valence-electron chi connectivity index (χ3n) is 2.87. The molecule has 0 spiro atoms. The van der Waals surface area contributed by atoms with Crippen LogP contribution < -0.4 is 5.32 Å². The topological polar surface area (TPSA) is 42.2 Å². The normalized spacial score (nSPS) is 13.5. The van der Waals surface area contributed by atoms with Crippen LogP contribution in [0.3, 0.4) is 0 Å². The molecule has 0 aliphatic rings. The summed E-state index contributed by atoms with van der Waals surface area (Å²) in [5, 5.41) is 7.75. The minimum absolute atomic E-state index is 0.346. The van der Waals surface area contributed by atoms with Crippen molar-refractivity contribution in [2.45, 2.75) is 19.8 Å². The van der Waals surface area contributed by atoms with E-state index in [0.717, 1.165) is 22.5 Å². The molecule has 17 heavy (non-hydrogen) atoms. The Labute approximate surface area is 110 Å². The van der Waals surface area contributed by atoms with Gasteiger partial charge in [0.05, 0.1) is 0 Å². The molecule has 2 heterocycles. The summed E-state index contributed by atoms with van der Waals surface area (Å²) in [7, 11) is 1.96. The Balaban J connectivity index is 2.40. The highest BCUT2D eigenvalue weighted by Gasteiger charge is 2.19. The lowest BCUT2D eigenvalue weighted by Gasteiger charge is -2.16. The quantitative estimate of drug-likeness (QED) is 0.942. The van der Waals surface area contributed by atoms with Crippen molar-refractivity contribution < 1.29 is 0 Å². The van der Waals surface area contributed by atoms with Crippen LogP contribution in [0.15, 0.2) is 22.8 Å². The molecular weight excluding hydrogens is 280 g/mol. The van der Waals surface area contributed by atoms with Crippen molar-refractivity contribution >= 4 is 21.6 Å². The van der Waals surface area contributed by atoms with E-state index in [1.165, 1.54) is 0 Å². The SMILES string of the molecule is CNCC(c1nc2ccc(Br)cn2n1)C(C)C. The van der Waals surface area contributed by atoms with E-state index in [1.807, 2.05) is 29.9 Å². The van der Waals surface area contributed by atoms with Gasteiger partial charge < -0.3 is 5.32 Å². The Hall–Kier alpha value is -0.940. The summed E-state index contributed by atoms with van der Waals surface area (Å²) < 4.78 is 2.83. The van der Waals surface area contributed by atoms with Crippen LogP contribution >= 0.6 is 15.9 Å². The number of halogens is 1. The molecular formula is C12H17BrN4. The Kier molecular flexibility index (Phi) is 3.79. The van der Waals surface area contributed by atoms with Gasteiger partial charge in [0.25, 0.3) is 0 Å². The largest absolute Gasteiger partial charge is 0.319 e. The standard InChI is InChI=1S/C12H17BrN4/c1-8(2)10(6-14-3)12-15-11-5-4-9(13)7-17(11)16-12/h4-5,7-8,10,14H,6H2,1-3H3. The molecule has 92 valence electrons. The zero-order chi connectivity index (χ0) is 12.4.